The summed E-state index contributed by atoms with van der Waals surface area (Å²) < 4.78 is 0. The summed E-state index contributed by atoms with van der Waals surface area (Å²) in [7, 11) is 0. The van der Waals surface area contributed by atoms with E-state index in [0.717, 1.165) is 21.9 Å². The Bertz CT molecular complexity index is 820. The van der Waals surface area contributed by atoms with E-state index in [4.69, 9.17) is 0 Å². The highest BCUT2D eigenvalue weighted by Gasteiger charge is 2.28. The highest BCUT2D eigenvalue weighted by atomic mass is 14.3. The fourth-order valence-electron chi connectivity index (χ4n) is 3.47. The molecule has 0 heterocycles. The number of nitrogens with zero attached hydrogens (tertiary/aromatic N) is 1. The molecular weight excluding hydrogens is 254 g/mol. The molecule has 0 radical (unpaired) electrons. The van der Waals surface area contributed by atoms with Gasteiger partial charge in [0.25, 0.3) is 0 Å². The zero-order valence-electron chi connectivity index (χ0n) is 13.0. The lowest BCUT2D eigenvalue weighted by Gasteiger charge is -2.18. The third-order valence-corrected chi connectivity index (χ3v) is 5.00. The van der Waals surface area contributed by atoms with Crippen LogP contribution in [0.4, 0.5) is 0 Å². The van der Waals surface area contributed by atoms with Crippen molar-refractivity contribution in [2.75, 3.05) is 0 Å². The Labute approximate surface area is 126 Å². The molecule has 0 aliphatic heterocycles. The molecular formula is C20H19N. The minimum atomic E-state index is 0.254. The molecule has 0 unspecified atom stereocenters. The van der Waals surface area contributed by atoms with Gasteiger partial charge < -0.3 is 0 Å². The molecule has 0 amide bonds. The molecule has 21 heavy (non-hydrogen) atoms. The predicted octanol–water partition coefficient (Wildman–Crippen LogP) is 5.48. The number of fused-ring (bicyclic) bond motifs is 1. The van der Waals surface area contributed by atoms with Crippen LogP contribution < -0.4 is 0 Å². The van der Waals surface area contributed by atoms with Crippen LogP contribution >= 0.6 is 0 Å². The van der Waals surface area contributed by atoms with Crippen molar-refractivity contribution in [3.05, 3.63) is 69.8 Å². The summed E-state index contributed by atoms with van der Waals surface area (Å²) in [6.07, 6.45) is 0. The summed E-state index contributed by atoms with van der Waals surface area (Å²) in [6.45, 7) is 8.75. The summed E-state index contributed by atoms with van der Waals surface area (Å²) in [5.74, 6) is 0.254. The topological polar surface area (TPSA) is 23.8 Å². The highest BCUT2D eigenvalue weighted by molar-refractivity contribution is 5.89. The SMILES string of the molecule is CC1=C(C)C(c2ccc3ccccc3c2C#N)C(C)=C1C. The lowest BCUT2D eigenvalue weighted by atomic mass is 9.84. The molecule has 1 aliphatic carbocycles. The first-order chi connectivity index (χ1) is 10.1. The molecule has 0 fully saturated rings. The fourth-order valence-corrected chi connectivity index (χ4v) is 3.47. The van der Waals surface area contributed by atoms with Crippen LogP contribution in [0.25, 0.3) is 10.8 Å². The standard InChI is InChI=1S/C20H19N/c1-12-13(2)15(4)20(14(12)3)18-10-9-16-7-5-6-8-17(16)19(18)11-21/h5-10,20H,1-4H3. The zero-order chi connectivity index (χ0) is 15.1. The van der Waals surface area contributed by atoms with E-state index in [1.807, 2.05) is 18.2 Å². The van der Waals surface area contributed by atoms with Crippen LogP contribution in [-0.4, -0.2) is 0 Å². The van der Waals surface area contributed by atoms with Crippen molar-refractivity contribution in [3.63, 3.8) is 0 Å². The Balaban J connectivity index is 2.31. The smallest absolute Gasteiger partial charge is 0.100 e. The van der Waals surface area contributed by atoms with E-state index in [1.54, 1.807) is 0 Å². The molecule has 0 N–H and O–H groups in total. The maximum Gasteiger partial charge on any atom is 0.100 e. The van der Waals surface area contributed by atoms with Gasteiger partial charge in [-0.25, -0.2) is 0 Å². The minimum Gasteiger partial charge on any atom is -0.192 e. The molecule has 1 heteroatoms. The van der Waals surface area contributed by atoms with E-state index in [9.17, 15) is 5.26 Å². The summed E-state index contributed by atoms with van der Waals surface area (Å²) in [5, 5.41) is 11.9. The molecule has 0 atom stereocenters. The van der Waals surface area contributed by atoms with Gasteiger partial charge in [-0.2, -0.15) is 5.26 Å². The van der Waals surface area contributed by atoms with Crippen molar-refractivity contribution in [2.45, 2.75) is 33.6 Å². The molecule has 104 valence electrons. The monoisotopic (exact) mass is 273 g/mol. The molecule has 0 saturated carbocycles. The van der Waals surface area contributed by atoms with E-state index in [0.29, 0.717) is 0 Å². The van der Waals surface area contributed by atoms with E-state index >= 15 is 0 Å². The number of hydrogen-bond acceptors (Lipinski definition) is 1. The number of allylic oxidation sites excluding steroid dienone is 4. The van der Waals surface area contributed by atoms with Gasteiger partial charge in [0.05, 0.1) is 5.56 Å². The minimum absolute atomic E-state index is 0.254. The van der Waals surface area contributed by atoms with Crippen LogP contribution in [0.1, 0.15) is 44.7 Å². The normalized spacial score (nSPS) is 16.0. The van der Waals surface area contributed by atoms with Gasteiger partial charge in [-0.3, -0.25) is 0 Å². The largest absolute Gasteiger partial charge is 0.192 e. The molecule has 0 saturated heterocycles. The van der Waals surface area contributed by atoms with E-state index < -0.39 is 0 Å². The first-order valence-corrected chi connectivity index (χ1v) is 7.33. The molecule has 1 nitrogen and oxygen atoms in total. The lowest BCUT2D eigenvalue weighted by molar-refractivity contribution is 0.933. The Hall–Kier alpha value is -2.33. The summed E-state index contributed by atoms with van der Waals surface area (Å²) >= 11 is 0. The average molecular weight is 273 g/mol. The second-order valence-corrected chi connectivity index (χ2v) is 5.91. The van der Waals surface area contributed by atoms with Crippen molar-refractivity contribution >= 4 is 10.8 Å². The number of rotatable bonds is 1. The highest BCUT2D eigenvalue weighted by Crippen LogP contribution is 2.44. The number of benzene rings is 2. The number of nitriles is 1. The fraction of sp³-hybridized carbons (Fsp3) is 0.250. The van der Waals surface area contributed by atoms with Gasteiger partial charge in [-0.1, -0.05) is 47.5 Å². The van der Waals surface area contributed by atoms with Crippen LogP contribution in [0, 0.1) is 11.3 Å². The molecule has 3 rings (SSSR count). The van der Waals surface area contributed by atoms with Crippen LogP contribution in [0.2, 0.25) is 0 Å². The molecule has 1 aliphatic rings. The molecule has 0 aromatic heterocycles. The van der Waals surface area contributed by atoms with Crippen molar-refractivity contribution in [1.29, 1.82) is 5.26 Å². The zero-order valence-corrected chi connectivity index (χ0v) is 13.0. The Morgan fingerprint density at radius 1 is 0.857 bits per heavy atom. The van der Waals surface area contributed by atoms with Gasteiger partial charge >= 0.3 is 0 Å². The second kappa shape index (κ2) is 4.90. The van der Waals surface area contributed by atoms with Gasteiger partial charge in [0.15, 0.2) is 0 Å². The average Bonchev–Trinajstić information content (AvgIpc) is 2.70. The van der Waals surface area contributed by atoms with Gasteiger partial charge in [0.2, 0.25) is 0 Å². The third kappa shape index (κ3) is 1.91. The quantitative estimate of drug-likeness (QED) is 0.674. The molecule has 2 aromatic carbocycles. The van der Waals surface area contributed by atoms with Crippen molar-refractivity contribution in [3.8, 4) is 6.07 Å². The maximum atomic E-state index is 9.70. The number of hydrogen-bond donors (Lipinski definition) is 0. The van der Waals surface area contributed by atoms with Gasteiger partial charge in [-0.05, 0) is 55.2 Å². The van der Waals surface area contributed by atoms with E-state index in [2.05, 4.69) is 52.0 Å². The van der Waals surface area contributed by atoms with Gasteiger partial charge in [-0.15, -0.1) is 0 Å². The molecule has 0 bridgehead atoms. The van der Waals surface area contributed by atoms with Gasteiger partial charge in [0, 0.05) is 5.92 Å². The third-order valence-electron chi connectivity index (χ3n) is 5.00. The maximum absolute atomic E-state index is 9.70. The van der Waals surface area contributed by atoms with Crippen molar-refractivity contribution in [1.82, 2.24) is 0 Å². The van der Waals surface area contributed by atoms with Crippen molar-refractivity contribution in [2.24, 2.45) is 0 Å². The van der Waals surface area contributed by atoms with E-state index in [-0.39, 0.29) is 5.92 Å². The predicted molar refractivity (Wildman–Crippen MR) is 88.2 cm³/mol. The van der Waals surface area contributed by atoms with Crippen LogP contribution in [0.3, 0.4) is 0 Å². The van der Waals surface area contributed by atoms with Crippen LogP contribution in [0.5, 0.6) is 0 Å². The van der Waals surface area contributed by atoms with Crippen LogP contribution in [-0.2, 0) is 0 Å². The Morgan fingerprint density at radius 2 is 1.48 bits per heavy atom. The summed E-state index contributed by atoms with van der Waals surface area (Å²) in [6, 6.07) is 14.8. The molecule has 0 spiro atoms. The molecule has 2 aromatic rings. The summed E-state index contributed by atoms with van der Waals surface area (Å²) in [4.78, 5) is 0. The van der Waals surface area contributed by atoms with Crippen molar-refractivity contribution < 1.29 is 0 Å². The van der Waals surface area contributed by atoms with Crippen LogP contribution in [0.15, 0.2) is 58.7 Å². The summed E-state index contributed by atoms with van der Waals surface area (Å²) in [5.41, 5.74) is 7.44. The Kier molecular flexibility index (Phi) is 3.18. The Morgan fingerprint density at radius 3 is 2.10 bits per heavy atom. The van der Waals surface area contributed by atoms with Gasteiger partial charge in [0.1, 0.15) is 6.07 Å². The first kappa shape index (κ1) is 13.6. The van der Waals surface area contributed by atoms with E-state index in [1.165, 1.54) is 22.3 Å². The lowest BCUT2D eigenvalue weighted by Crippen LogP contribution is -2.03. The second-order valence-electron chi connectivity index (χ2n) is 5.91. The first-order valence-electron chi connectivity index (χ1n) is 7.33.